The highest BCUT2D eigenvalue weighted by atomic mass is 32.2. The Hall–Kier alpha value is -2.75. The fraction of sp³-hybridized carbons (Fsp3) is 0.300. The molecule has 1 aliphatic heterocycles. The summed E-state index contributed by atoms with van der Waals surface area (Å²) in [6.07, 6.45) is 6.78. The largest absolute Gasteiger partial charge is 0.380 e. The van der Waals surface area contributed by atoms with E-state index in [4.69, 9.17) is 4.74 Å². The predicted molar refractivity (Wildman–Crippen MR) is 107 cm³/mol. The minimum atomic E-state index is -3.59. The van der Waals surface area contributed by atoms with Crippen LogP contribution in [-0.4, -0.2) is 43.0 Å². The molecule has 1 amide bonds. The van der Waals surface area contributed by atoms with Crippen LogP contribution in [0.25, 0.3) is 5.65 Å². The quantitative estimate of drug-likeness (QED) is 0.640. The molecule has 4 rings (SSSR count). The maximum absolute atomic E-state index is 12.5. The third-order valence-electron chi connectivity index (χ3n) is 4.82. The number of rotatable bonds is 6. The topological polar surface area (TPSA) is 102 Å². The van der Waals surface area contributed by atoms with Gasteiger partial charge in [0.05, 0.1) is 17.1 Å². The van der Waals surface area contributed by atoms with Gasteiger partial charge in [-0.15, -0.1) is 0 Å². The molecular formula is C20H22N4O4S. The van der Waals surface area contributed by atoms with Crippen LogP contribution in [0.5, 0.6) is 0 Å². The van der Waals surface area contributed by atoms with Gasteiger partial charge in [0, 0.05) is 37.8 Å². The van der Waals surface area contributed by atoms with E-state index in [1.54, 1.807) is 59.4 Å². The number of hydrogen-bond acceptors (Lipinski definition) is 5. The number of carbonyl (C=O) groups excluding carboxylic acids is 1. The maximum Gasteiger partial charge on any atom is 0.253 e. The highest BCUT2D eigenvalue weighted by Crippen LogP contribution is 2.14. The first-order valence-electron chi connectivity index (χ1n) is 9.41. The molecule has 1 unspecified atom stereocenters. The molecular weight excluding hydrogens is 392 g/mol. The van der Waals surface area contributed by atoms with Crippen molar-refractivity contribution >= 4 is 21.6 Å². The summed E-state index contributed by atoms with van der Waals surface area (Å²) in [5.41, 5.74) is 2.10. The summed E-state index contributed by atoms with van der Waals surface area (Å²) < 4.78 is 34.8. The van der Waals surface area contributed by atoms with Gasteiger partial charge in [-0.05, 0) is 42.7 Å². The zero-order valence-electron chi connectivity index (χ0n) is 15.7. The average molecular weight is 414 g/mol. The van der Waals surface area contributed by atoms with E-state index in [0.29, 0.717) is 25.3 Å². The minimum Gasteiger partial charge on any atom is -0.380 e. The number of aromatic nitrogens is 2. The summed E-state index contributed by atoms with van der Waals surface area (Å²) in [7, 11) is -3.59. The number of nitrogens with zero attached hydrogens (tertiary/aromatic N) is 2. The zero-order valence-corrected chi connectivity index (χ0v) is 16.6. The predicted octanol–water partition coefficient (Wildman–Crippen LogP) is 1.72. The third-order valence-corrected chi connectivity index (χ3v) is 6.36. The van der Waals surface area contributed by atoms with Gasteiger partial charge < -0.3 is 14.5 Å². The molecule has 8 nitrogen and oxygen atoms in total. The van der Waals surface area contributed by atoms with Gasteiger partial charge in [-0.2, -0.15) is 0 Å². The number of fused-ring (bicyclic) bond motifs is 1. The molecule has 0 spiro atoms. The fourth-order valence-corrected chi connectivity index (χ4v) is 4.50. The molecule has 1 aromatic carbocycles. The maximum atomic E-state index is 12.5. The van der Waals surface area contributed by atoms with Gasteiger partial charge in [0.15, 0.2) is 0 Å². The number of carbonyl (C=O) groups is 1. The number of ether oxygens (including phenoxy) is 1. The number of nitrogens with one attached hydrogen (secondary N) is 2. The molecule has 0 bridgehead atoms. The molecule has 1 atom stereocenters. The summed E-state index contributed by atoms with van der Waals surface area (Å²) in [4.78, 5) is 16.7. The summed E-state index contributed by atoms with van der Waals surface area (Å²) >= 11 is 0. The Kier molecular flexibility index (Phi) is 5.61. The summed E-state index contributed by atoms with van der Waals surface area (Å²) in [5, 5.41) is 2.84. The van der Waals surface area contributed by atoms with Gasteiger partial charge in [-0.3, -0.25) is 4.79 Å². The second kappa shape index (κ2) is 8.32. The smallest absolute Gasteiger partial charge is 0.253 e. The van der Waals surface area contributed by atoms with Gasteiger partial charge in [0.1, 0.15) is 5.65 Å². The monoisotopic (exact) mass is 414 g/mol. The molecule has 2 N–H and O–H groups in total. The Morgan fingerprint density at radius 2 is 2.03 bits per heavy atom. The number of pyridine rings is 1. The van der Waals surface area contributed by atoms with Gasteiger partial charge in [-0.25, -0.2) is 18.1 Å². The number of hydrogen-bond donors (Lipinski definition) is 2. The number of benzene rings is 1. The van der Waals surface area contributed by atoms with E-state index in [1.807, 2.05) is 0 Å². The summed E-state index contributed by atoms with van der Waals surface area (Å²) in [6, 6.07) is 9.79. The fourth-order valence-electron chi connectivity index (χ4n) is 3.25. The Bertz CT molecular complexity index is 1100. The van der Waals surface area contributed by atoms with Crippen molar-refractivity contribution in [1.82, 2.24) is 19.4 Å². The number of sulfonamides is 1. The normalized spacial score (nSPS) is 17.3. The van der Waals surface area contributed by atoms with E-state index in [-0.39, 0.29) is 16.8 Å². The lowest BCUT2D eigenvalue weighted by Crippen LogP contribution is -2.40. The Labute approximate surface area is 169 Å². The number of imidazole rings is 1. The van der Waals surface area contributed by atoms with Crippen LogP contribution >= 0.6 is 0 Å². The molecule has 0 aliphatic carbocycles. The molecule has 0 radical (unpaired) electrons. The molecule has 2 aromatic heterocycles. The second-order valence-corrected chi connectivity index (χ2v) is 8.69. The van der Waals surface area contributed by atoms with Crippen LogP contribution in [0.4, 0.5) is 0 Å². The first-order chi connectivity index (χ1) is 14.0. The van der Waals surface area contributed by atoms with E-state index in [0.717, 1.165) is 24.1 Å². The molecule has 29 heavy (non-hydrogen) atoms. The number of amides is 1. The van der Waals surface area contributed by atoms with Crippen LogP contribution in [0.3, 0.4) is 0 Å². The molecule has 1 aliphatic rings. The van der Waals surface area contributed by atoms with E-state index in [9.17, 15) is 13.2 Å². The van der Waals surface area contributed by atoms with Crippen LogP contribution < -0.4 is 10.0 Å². The third kappa shape index (κ3) is 4.64. The second-order valence-electron chi connectivity index (χ2n) is 6.97. The molecule has 9 heteroatoms. The van der Waals surface area contributed by atoms with Crippen molar-refractivity contribution in [3.8, 4) is 0 Å². The lowest BCUT2D eigenvalue weighted by atomic mass is 10.1. The standard InChI is InChI=1S/C20H22N4O4S/c25-20(16-5-8-19-21-9-10-24(19)13-16)22-12-15-3-6-18(7-4-15)29(26,27)23-17-2-1-11-28-14-17/h3-10,13,17,23H,1-2,11-12,14H2,(H,22,25). The Morgan fingerprint density at radius 3 is 2.79 bits per heavy atom. The SMILES string of the molecule is O=C(NCc1ccc(S(=O)(=O)NC2CCCOC2)cc1)c1ccc2nccn2c1. The van der Waals surface area contributed by atoms with Crippen molar-refractivity contribution in [2.75, 3.05) is 13.2 Å². The van der Waals surface area contributed by atoms with Gasteiger partial charge >= 0.3 is 0 Å². The molecule has 0 saturated carbocycles. The lowest BCUT2D eigenvalue weighted by molar-refractivity contribution is 0.0774. The summed E-state index contributed by atoms with van der Waals surface area (Å²) in [6.45, 7) is 1.37. The van der Waals surface area contributed by atoms with E-state index < -0.39 is 10.0 Å². The molecule has 152 valence electrons. The highest BCUT2D eigenvalue weighted by Gasteiger charge is 2.22. The van der Waals surface area contributed by atoms with Crippen LogP contribution in [0.15, 0.2) is 59.9 Å². The van der Waals surface area contributed by atoms with E-state index >= 15 is 0 Å². The molecule has 3 aromatic rings. The van der Waals surface area contributed by atoms with Crippen LogP contribution in [-0.2, 0) is 21.3 Å². The van der Waals surface area contributed by atoms with Crippen LogP contribution in [0.2, 0.25) is 0 Å². The van der Waals surface area contributed by atoms with Crippen molar-refractivity contribution in [1.29, 1.82) is 0 Å². The van der Waals surface area contributed by atoms with Crippen molar-refractivity contribution in [3.63, 3.8) is 0 Å². The van der Waals surface area contributed by atoms with Gasteiger partial charge in [0.25, 0.3) is 5.91 Å². The summed E-state index contributed by atoms with van der Waals surface area (Å²) in [5.74, 6) is -0.212. The highest BCUT2D eigenvalue weighted by molar-refractivity contribution is 7.89. The van der Waals surface area contributed by atoms with Crippen molar-refractivity contribution < 1.29 is 17.9 Å². The van der Waals surface area contributed by atoms with Crippen molar-refractivity contribution in [2.24, 2.45) is 0 Å². The average Bonchev–Trinajstić information content (AvgIpc) is 3.20. The Balaban J connectivity index is 1.36. The van der Waals surface area contributed by atoms with Gasteiger partial charge in [-0.1, -0.05) is 12.1 Å². The molecule has 1 saturated heterocycles. The van der Waals surface area contributed by atoms with Crippen LogP contribution in [0.1, 0.15) is 28.8 Å². The minimum absolute atomic E-state index is 0.194. The van der Waals surface area contributed by atoms with E-state index in [1.165, 1.54) is 0 Å². The lowest BCUT2D eigenvalue weighted by Gasteiger charge is -2.23. The first-order valence-corrected chi connectivity index (χ1v) is 10.9. The van der Waals surface area contributed by atoms with Crippen LogP contribution in [0, 0.1) is 0 Å². The zero-order chi connectivity index (χ0) is 20.3. The van der Waals surface area contributed by atoms with Crippen molar-refractivity contribution in [2.45, 2.75) is 30.3 Å². The van der Waals surface area contributed by atoms with Gasteiger partial charge in [0.2, 0.25) is 10.0 Å². The Morgan fingerprint density at radius 1 is 1.21 bits per heavy atom. The van der Waals surface area contributed by atoms with E-state index in [2.05, 4.69) is 15.0 Å². The van der Waals surface area contributed by atoms with Crippen molar-refractivity contribution in [3.05, 3.63) is 66.1 Å². The molecule has 3 heterocycles. The first kappa shape index (κ1) is 19.6. The molecule has 1 fully saturated rings.